The van der Waals surface area contributed by atoms with Crippen molar-refractivity contribution in [3.63, 3.8) is 0 Å². The first-order chi connectivity index (χ1) is 5.31. The van der Waals surface area contributed by atoms with E-state index in [0.717, 1.165) is 0 Å². The summed E-state index contributed by atoms with van der Waals surface area (Å²) in [5.41, 5.74) is -0.688. The number of carbonyl (C=O) groups excluding carboxylic acids is 1. The molecule has 1 atom stereocenters. The number of ether oxygens (including phenoxy) is 2. The Hall–Kier alpha value is -0.440. The molecule has 0 aromatic rings. The molecule has 0 aliphatic rings. The van der Waals surface area contributed by atoms with Crippen molar-refractivity contribution in [2.24, 2.45) is 5.41 Å². The highest BCUT2D eigenvalue weighted by Gasteiger charge is 2.15. The average molecular weight is 195 g/mol. The molecule has 0 saturated heterocycles. The smallest absolute Gasteiger partial charge is 0.434 e. The number of hydrogen-bond donors (Lipinski definition) is 0. The van der Waals surface area contributed by atoms with Crippen LogP contribution in [0, 0.1) is 5.41 Å². The van der Waals surface area contributed by atoms with Crippen LogP contribution < -0.4 is 0 Å². The highest BCUT2D eigenvalue weighted by molar-refractivity contribution is 6.19. The zero-order valence-electron chi connectivity index (χ0n) is 7.89. The SMILES string of the molecule is CC(Cl)OC(=O)OCC(C)(C)C. The standard InChI is InChI=1S/C8H15ClO3/c1-6(9)12-7(10)11-5-8(2,3)4/h6H,5H2,1-4H3. The zero-order valence-corrected chi connectivity index (χ0v) is 8.64. The molecule has 3 nitrogen and oxygen atoms in total. The summed E-state index contributed by atoms with van der Waals surface area (Å²) in [6, 6.07) is 0. The third kappa shape index (κ3) is 7.66. The van der Waals surface area contributed by atoms with Crippen LogP contribution in [0.2, 0.25) is 0 Å². The highest BCUT2D eigenvalue weighted by atomic mass is 35.5. The fourth-order valence-corrected chi connectivity index (χ4v) is 0.515. The fraction of sp³-hybridized carbons (Fsp3) is 0.875. The van der Waals surface area contributed by atoms with Crippen LogP contribution in [-0.2, 0) is 9.47 Å². The third-order valence-corrected chi connectivity index (χ3v) is 0.971. The maximum atomic E-state index is 10.8. The number of halogens is 1. The van der Waals surface area contributed by atoms with E-state index < -0.39 is 11.7 Å². The Labute approximate surface area is 78.0 Å². The van der Waals surface area contributed by atoms with Gasteiger partial charge in [0.15, 0.2) is 5.56 Å². The molecule has 0 aliphatic heterocycles. The molecule has 0 spiro atoms. The lowest BCUT2D eigenvalue weighted by molar-refractivity contribution is 0.0287. The summed E-state index contributed by atoms with van der Waals surface area (Å²) in [6.07, 6.45) is -0.715. The maximum absolute atomic E-state index is 10.8. The molecule has 0 rings (SSSR count). The molecule has 72 valence electrons. The Kier molecular flexibility index (Phi) is 4.39. The highest BCUT2D eigenvalue weighted by Crippen LogP contribution is 2.13. The Bertz CT molecular complexity index is 149. The van der Waals surface area contributed by atoms with Crippen molar-refractivity contribution in [3.8, 4) is 0 Å². The first-order valence-corrected chi connectivity index (χ1v) is 4.22. The Morgan fingerprint density at radius 3 is 2.33 bits per heavy atom. The molecule has 0 bridgehead atoms. The number of alkyl halides is 1. The third-order valence-electron chi connectivity index (χ3n) is 0.882. The van der Waals surface area contributed by atoms with Gasteiger partial charge in [-0.1, -0.05) is 32.4 Å². The largest absolute Gasteiger partial charge is 0.509 e. The van der Waals surface area contributed by atoms with Crippen LogP contribution in [0.3, 0.4) is 0 Å². The molecular formula is C8H15ClO3. The van der Waals surface area contributed by atoms with Crippen molar-refractivity contribution in [2.75, 3.05) is 6.61 Å². The van der Waals surface area contributed by atoms with Crippen LogP contribution in [0.1, 0.15) is 27.7 Å². The molecule has 0 fully saturated rings. The molecule has 0 heterocycles. The van der Waals surface area contributed by atoms with E-state index in [9.17, 15) is 4.79 Å². The van der Waals surface area contributed by atoms with Crippen LogP contribution in [0.4, 0.5) is 4.79 Å². The Morgan fingerprint density at radius 1 is 1.50 bits per heavy atom. The summed E-state index contributed by atoms with van der Waals surface area (Å²) < 4.78 is 9.32. The van der Waals surface area contributed by atoms with Gasteiger partial charge in [-0.25, -0.2) is 4.79 Å². The topological polar surface area (TPSA) is 35.5 Å². The van der Waals surface area contributed by atoms with Crippen LogP contribution in [0.5, 0.6) is 0 Å². The lowest BCUT2D eigenvalue weighted by atomic mass is 9.99. The van der Waals surface area contributed by atoms with Gasteiger partial charge in [0, 0.05) is 0 Å². The van der Waals surface area contributed by atoms with E-state index in [1.807, 2.05) is 20.8 Å². The first kappa shape index (κ1) is 11.6. The molecule has 0 amide bonds. The van der Waals surface area contributed by atoms with Crippen molar-refractivity contribution in [1.82, 2.24) is 0 Å². The molecule has 12 heavy (non-hydrogen) atoms. The Morgan fingerprint density at radius 2 is 2.00 bits per heavy atom. The fourth-order valence-electron chi connectivity index (χ4n) is 0.442. The zero-order chi connectivity index (χ0) is 9.78. The molecule has 0 aromatic heterocycles. The predicted octanol–water partition coefficient (Wildman–Crippen LogP) is 2.77. The van der Waals surface area contributed by atoms with E-state index >= 15 is 0 Å². The van der Waals surface area contributed by atoms with Gasteiger partial charge in [0.05, 0.1) is 6.61 Å². The second-order valence-corrected chi connectivity index (χ2v) is 4.37. The molecule has 0 saturated carbocycles. The van der Waals surface area contributed by atoms with Gasteiger partial charge in [0.2, 0.25) is 0 Å². The van der Waals surface area contributed by atoms with Crippen molar-refractivity contribution < 1.29 is 14.3 Å². The van der Waals surface area contributed by atoms with E-state index in [1.165, 1.54) is 0 Å². The number of carbonyl (C=O) groups is 1. The van der Waals surface area contributed by atoms with Crippen molar-refractivity contribution in [3.05, 3.63) is 0 Å². The summed E-state index contributed by atoms with van der Waals surface area (Å²) in [5, 5.41) is 0. The van der Waals surface area contributed by atoms with Gasteiger partial charge in [-0.05, 0) is 12.3 Å². The van der Waals surface area contributed by atoms with E-state index in [1.54, 1.807) is 6.92 Å². The number of rotatable bonds is 2. The second kappa shape index (κ2) is 4.55. The molecule has 0 N–H and O–H groups in total. The van der Waals surface area contributed by atoms with E-state index in [2.05, 4.69) is 4.74 Å². The number of hydrogen-bond acceptors (Lipinski definition) is 3. The minimum atomic E-state index is -0.715. The van der Waals surface area contributed by atoms with Crippen molar-refractivity contribution in [1.29, 1.82) is 0 Å². The van der Waals surface area contributed by atoms with Gasteiger partial charge >= 0.3 is 6.16 Å². The van der Waals surface area contributed by atoms with Crippen LogP contribution in [-0.4, -0.2) is 18.3 Å². The quantitative estimate of drug-likeness (QED) is 0.501. The minimum absolute atomic E-state index is 0.0471. The molecule has 0 aromatic carbocycles. The lowest BCUT2D eigenvalue weighted by Gasteiger charge is -2.17. The van der Waals surface area contributed by atoms with Crippen molar-refractivity contribution in [2.45, 2.75) is 33.3 Å². The van der Waals surface area contributed by atoms with E-state index in [4.69, 9.17) is 16.3 Å². The summed E-state index contributed by atoms with van der Waals surface area (Å²) in [7, 11) is 0. The normalized spacial score (nSPS) is 13.8. The molecule has 0 radical (unpaired) electrons. The summed E-state index contributed by atoms with van der Waals surface area (Å²) in [5.74, 6) is 0. The molecule has 4 heteroatoms. The van der Waals surface area contributed by atoms with Gasteiger partial charge in [-0.15, -0.1) is 0 Å². The monoisotopic (exact) mass is 194 g/mol. The van der Waals surface area contributed by atoms with Gasteiger partial charge in [-0.2, -0.15) is 0 Å². The van der Waals surface area contributed by atoms with Crippen LogP contribution in [0.25, 0.3) is 0 Å². The summed E-state index contributed by atoms with van der Waals surface area (Å²) >= 11 is 5.40. The first-order valence-electron chi connectivity index (χ1n) is 3.79. The molecule has 0 aliphatic carbocycles. The summed E-state index contributed by atoms with van der Waals surface area (Å²) in [6.45, 7) is 7.77. The van der Waals surface area contributed by atoms with Gasteiger partial charge in [0.1, 0.15) is 0 Å². The van der Waals surface area contributed by atoms with Gasteiger partial charge in [-0.3, -0.25) is 0 Å². The Balaban J connectivity index is 3.58. The van der Waals surface area contributed by atoms with Crippen molar-refractivity contribution >= 4 is 17.8 Å². The minimum Gasteiger partial charge on any atom is -0.434 e. The predicted molar refractivity (Wildman–Crippen MR) is 47.2 cm³/mol. The van der Waals surface area contributed by atoms with Crippen LogP contribution in [0.15, 0.2) is 0 Å². The average Bonchev–Trinajstić information content (AvgIpc) is 1.80. The van der Waals surface area contributed by atoms with Gasteiger partial charge in [0.25, 0.3) is 0 Å². The second-order valence-electron chi connectivity index (χ2n) is 3.76. The molecule has 1 unspecified atom stereocenters. The molecular weight excluding hydrogens is 180 g/mol. The van der Waals surface area contributed by atoms with Crippen LogP contribution >= 0.6 is 11.6 Å². The maximum Gasteiger partial charge on any atom is 0.509 e. The lowest BCUT2D eigenvalue weighted by Crippen LogP contribution is -2.20. The van der Waals surface area contributed by atoms with Gasteiger partial charge < -0.3 is 9.47 Å². The van der Waals surface area contributed by atoms with E-state index in [0.29, 0.717) is 6.61 Å². The van der Waals surface area contributed by atoms with E-state index in [-0.39, 0.29) is 5.41 Å². The summed E-state index contributed by atoms with van der Waals surface area (Å²) in [4.78, 5) is 10.8.